The van der Waals surface area contributed by atoms with Crippen LogP contribution < -0.4 is 15.4 Å². The third kappa shape index (κ3) is 5.24. The summed E-state index contributed by atoms with van der Waals surface area (Å²) in [7, 11) is -4.76. The van der Waals surface area contributed by atoms with Gasteiger partial charge in [0.05, 0.1) is 0 Å². The van der Waals surface area contributed by atoms with Gasteiger partial charge >= 0.3 is 10.3 Å². The maximum Gasteiger partial charge on any atom is 0.359 e. The van der Waals surface area contributed by atoms with Crippen molar-refractivity contribution in [3.8, 4) is 0 Å². The minimum atomic E-state index is -4.76. The molecule has 29 heavy (non-hydrogen) atoms. The Hall–Kier alpha value is -2.21. The highest BCUT2D eigenvalue weighted by molar-refractivity contribution is 7.84. The maximum absolute atomic E-state index is 12.9. The molecule has 0 aromatic carbocycles. The van der Waals surface area contributed by atoms with E-state index in [9.17, 15) is 27.6 Å². The standard InChI is InChI=1S/C17H28N4O7S/c1-5-13(22)18-11(4)15(24)21-8-9(2)6-12(21)14(23)19-17(7-10(17)3)16(25)20-29(26,27)28/h9-12H,5-8H2,1-4H3,(H,18,22)(H,19,23)(H,20,25)(H,26,27,28). The number of carbonyl (C=O) groups excluding carboxylic acids is 4. The number of amides is 4. The SMILES string of the molecule is CCC(=O)NC(C)C(=O)N1CC(C)CC1C(=O)NC1(C(=O)NS(=O)(=O)O)CC1C. The largest absolute Gasteiger partial charge is 0.359 e. The summed E-state index contributed by atoms with van der Waals surface area (Å²) in [6, 6.07) is -1.65. The van der Waals surface area contributed by atoms with Crippen LogP contribution in [0.5, 0.6) is 0 Å². The molecule has 2 aliphatic rings. The molecule has 5 unspecified atom stereocenters. The second-order valence-corrected chi connectivity index (χ2v) is 9.12. The predicted octanol–water partition coefficient (Wildman–Crippen LogP) is -1.05. The van der Waals surface area contributed by atoms with E-state index in [1.54, 1.807) is 13.8 Å². The third-order valence-corrected chi connectivity index (χ3v) is 5.89. The quantitative estimate of drug-likeness (QED) is 0.373. The van der Waals surface area contributed by atoms with E-state index in [0.717, 1.165) is 0 Å². The number of likely N-dealkylation sites (tertiary alicyclic amines) is 1. The molecule has 0 aromatic rings. The van der Waals surface area contributed by atoms with E-state index in [4.69, 9.17) is 4.55 Å². The minimum absolute atomic E-state index is 0.0306. The topological polar surface area (TPSA) is 162 Å². The van der Waals surface area contributed by atoms with Crippen molar-refractivity contribution >= 4 is 33.9 Å². The summed E-state index contributed by atoms with van der Waals surface area (Å²) in [5, 5.41) is 5.14. The van der Waals surface area contributed by atoms with Crippen LogP contribution in [0.1, 0.15) is 47.0 Å². The van der Waals surface area contributed by atoms with Gasteiger partial charge in [0, 0.05) is 13.0 Å². The van der Waals surface area contributed by atoms with Gasteiger partial charge in [-0.05, 0) is 31.6 Å². The van der Waals surface area contributed by atoms with E-state index >= 15 is 0 Å². The molecule has 0 aromatic heterocycles. The third-order valence-electron chi connectivity index (χ3n) is 5.45. The Morgan fingerprint density at radius 2 is 1.83 bits per heavy atom. The fourth-order valence-electron chi connectivity index (χ4n) is 3.67. The van der Waals surface area contributed by atoms with Crippen LogP contribution in [0, 0.1) is 11.8 Å². The molecule has 0 spiro atoms. The van der Waals surface area contributed by atoms with E-state index < -0.39 is 45.6 Å². The fourth-order valence-corrected chi connectivity index (χ4v) is 4.09. The summed E-state index contributed by atoms with van der Waals surface area (Å²) in [5.74, 6) is -2.59. The molecule has 4 N–H and O–H groups in total. The predicted molar refractivity (Wildman–Crippen MR) is 102 cm³/mol. The van der Waals surface area contributed by atoms with Gasteiger partial charge in [0.25, 0.3) is 5.91 Å². The summed E-state index contributed by atoms with van der Waals surface area (Å²) in [6.45, 7) is 7.06. The van der Waals surface area contributed by atoms with Gasteiger partial charge in [-0.2, -0.15) is 8.42 Å². The van der Waals surface area contributed by atoms with E-state index in [2.05, 4.69) is 10.6 Å². The van der Waals surface area contributed by atoms with Crippen LogP contribution in [-0.4, -0.2) is 65.7 Å². The first kappa shape index (κ1) is 23.1. The Morgan fingerprint density at radius 1 is 1.24 bits per heavy atom. The van der Waals surface area contributed by atoms with E-state index in [1.807, 2.05) is 6.92 Å². The number of rotatable bonds is 7. The van der Waals surface area contributed by atoms with E-state index in [0.29, 0.717) is 13.0 Å². The molecule has 0 radical (unpaired) electrons. The Kier molecular flexibility index (Phi) is 6.58. The summed E-state index contributed by atoms with van der Waals surface area (Å²) < 4.78 is 32.3. The molecule has 2 rings (SSSR count). The van der Waals surface area contributed by atoms with Crippen LogP contribution in [0.3, 0.4) is 0 Å². The molecule has 11 nitrogen and oxygen atoms in total. The van der Waals surface area contributed by atoms with E-state index in [1.165, 1.54) is 16.5 Å². The van der Waals surface area contributed by atoms with Gasteiger partial charge in [-0.3, -0.25) is 23.7 Å². The van der Waals surface area contributed by atoms with Gasteiger partial charge in [-0.1, -0.05) is 20.8 Å². The molecule has 0 bridgehead atoms. The molecule has 1 saturated heterocycles. The van der Waals surface area contributed by atoms with Gasteiger partial charge in [-0.25, -0.2) is 4.72 Å². The number of hydrogen-bond donors (Lipinski definition) is 4. The average Bonchev–Trinajstić information content (AvgIpc) is 3.08. The van der Waals surface area contributed by atoms with Crippen molar-refractivity contribution < 1.29 is 32.1 Å². The van der Waals surface area contributed by atoms with Crippen LogP contribution in [0.2, 0.25) is 0 Å². The first-order valence-electron chi connectivity index (χ1n) is 9.52. The molecular weight excluding hydrogens is 404 g/mol. The smallest absolute Gasteiger partial charge is 0.345 e. The van der Waals surface area contributed by atoms with Gasteiger partial charge in [0.2, 0.25) is 17.7 Å². The van der Waals surface area contributed by atoms with Crippen molar-refractivity contribution in [1.82, 2.24) is 20.3 Å². The Bertz CT molecular complexity index is 815. The molecule has 1 aliphatic heterocycles. The van der Waals surface area contributed by atoms with Crippen LogP contribution in [-0.2, 0) is 29.5 Å². The zero-order valence-corrected chi connectivity index (χ0v) is 17.7. The van der Waals surface area contributed by atoms with Crippen molar-refractivity contribution in [2.24, 2.45) is 11.8 Å². The number of nitrogens with zero attached hydrogens (tertiary/aromatic N) is 1. The van der Waals surface area contributed by atoms with Crippen LogP contribution in [0.15, 0.2) is 0 Å². The second-order valence-electron chi connectivity index (χ2n) is 7.96. The van der Waals surface area contributed by atoms with Crippen molar-refractivity contribution in [2.45, 2.75) is 64.6 Å². The molecule has 164 valence electrons. The lowest BCUT2D eigenvalue weighted by molar-refractivity contribution is -0.142. The Balaban J connectivity index is 2.12. The van der Waals surface area contributed by atoms with Crippen molar-refractivity contribution in [3.05, 3.63) is 0 Å². The maximum atomic E-state index is 12.9. The number of carbonyl (C=O) groups is 4. The fraction of sp³-hybridized carbons (Fsp3) is 0.765. The number of hydrogen-bond acceptors (Lipinski definition) is 6. The average molecular weight is 432 g/mol. The lowest BCUT2D eigenvalue weighted by Gasteiger charge is -2.28. The minimum Gasteiger partial charge on any atom is -0.345 e. The normalized spacial score (nSPS) is 29.7. The highest BCUT2D eigenvalue weighted by atomic mass is 32.2. The molecule has 1 saturated carbocycles. The summed E-state index contributed by atoms with van der Waals surface area (Å²) in [4.78, 5) is 50.9. The van der Waals surface area contributed by atoms with Crippen molar-refractivity contribution in [3.63, 3.8) is 0 Å². The number of nitrogens with one attached hydrogen (secondary N) is 3. The molecule has 4 amide bonds. The first-order chi connectivity index (χ1) is 13.3. The van der Waals surface area contributed by atoms with E-state index in [-0.39, 0.29) is 30.6 Å². The summed E-state index contributed by atoms with van der Waals surface area (Å²) in [6.07, 6.45) is 0.802. The van der Waals surface area contributed by atoms with Gasteiger partial charge in [-0.15, -0.1) is 0 Å². The highest BCUT2D eigenvalue weighted by Gasteiger charge is 2.60. The Labute approximate surface area is 169 Å². The van der Waals surface area contributed by atoms with Crippen LogP contribution >= 0.6 is 0 Å². The van der Waals surface area contributed by atoms with Crippen molar-refractivity contribution in [2.75, 3.05) is 6.54 Å². The summed E-state index contributed by atoms with van der Waals surface area (Å²) in [5.41, 5.74) is -1.45. The molecule has 1 heterocycles. The second kappa shape index (κ2) is 8.27. The molecule has 12 heteroatoms. The highest BCUT2D eigenvalue weighted by Crippen LogP contribution is 2.43. The molecule has 2 fully saturated rings. The lowest BCUT2D eigenvalue weighted by Crippen LogP contribution is -2.57. The van der Waals surface area contributed by atoms with Crippen LogP contribution in [0.4, 0.5) is 0 Å². The van der Waals surface area contributed by atoms with Crippen LogP contribution in [0.25, 0.3) is 0 Å². The molecule has 5 atom stereocenters. The Morgan fingerprint density at radius 3 is 2.31 bits per heavy atom. The van der Waals surface area contributed by atoms with Gasteiger partial charge in [0.15, 0.2) is 0 Å². The van der Waals surface area contributed by atoms with Crippen molar-refractivity contribution in [1.29, 1.82) is 0 Å². The first-order valence-corrected chi connectivity index (χ1v) is 11.0. The monoisotopic (exact) mass is 432 g/mol. The van der Waals surface area contributed by atoms with Gasteiger partial charge < -0.3 is 15.5 Å². The lowest BCUT2D eigenvalue weighted by atomic mass is 10.1. The zero-order chi connectivity index (χ0) is 22.1. The van der Waals surface area contributed by atoms with Gasteiger partial charge in [0.1, 0.15) is 17.6 Å². The molecular formula is C17H28N4O7S. The molecule has 1 aliphatic carbocycles. The summed E-state index contributed by atoms with van der Waals surface area (Å²) >= 11 is 0. The zero-order valence-electron chi connectivity index (χ0n) is 16.9.